The van der Waals surface area contributed by atoms with Gasteiger partial charge in [-0.2, -0.15) is 0 Å². The molecule has 1 heterocycles. The smallest absolute Gasteiger partial charge is 0.135 e. The van der Waals surface area contributed by atoms with Crippen LogP contribution in [0.1, 0.15) is 17.2 Å². The van der Waals surface area contributed by atoms with Crippen LogP contribution >= 0.6 is 0 Å². The van der Waals surface area contributed by atoms with E-state index in [4.69, 9.17) is 10.2 Å². The predicted octanol–water partition coefficient (Wildman–Crippen LogP) is 9.10. The Hall–Kier alpha value is -4.66. The highest BCUT2D eigenvalue weighted by Crippen LogP contribution is 2.51. The molecule has 0 spiro atoms. The summed E-state index contributed by atoms with van der Waals surface area (Å²) in [7, 11) is 0. The van der Waals surface area contributed by atoms with Gasteiger partial charge in [-0.1, -0.05) is 103 Å². The summed E-state index contributed by atoms with van der Waals surface area (Å²) in [5.41, 5.74) is 18.4. The molecule has 1 aromatic heterocycles. The van der Waals surface area contributed by atoms with Crippen molar-refractivity contribution < 1.29 is 4.42 Å². The first-order chi connectivity index (χ1) is 18.3. The molecule has 37 heavy (non-hydrogen) atoms. The molecule has 1 aliphatic rings. The highest BCUT2D eigenvalue weighted by atomic mass is 16.3. The first kappa shape index (κ1) is 20.5. The van der Waals surface area contributed by atoms with Gasteiger partial charge < -0.3 is 10.2 Å². The number of hydrogen-bond donors (Lipinski definition) is 1. The van der Waals surface area contributed by atoms with Crippen molar-refractivity contribution in [3.05, 3.63) is 132 Å². The normalized spacial score (nSPS) is 12.9. The van der Waals surface area contributed by atoms with Crippen LogP contribution in [0.15, 0.2) is 126 Å². The first-order valence-electron chi connectivity index (χ1n) is 12.7. The fraction of sp³-hybridized carbons (Fsp3) is 0.0286. The van der Waals surface area contributed by atoms with E-state index in [0.717, 1.165) is 33.1 Å². The molecular weight excluding hydrogens is 450 g/mol. The van der Waals surface area contributed by atoms with Crippen LogP contribution in [0.4, 0.5) is 0 Å². The molecule has 7 aromatic rings. The van der Waals surface area contributed by atoms with Crippen LogP contribution < -0.4 is 5.73 Å². The second kappa shape index (κ2) is 7.67. The number of rotatable bonds is 3. The summed E-state index contributed by atoms with van der Waals surface area (Å²) in [5.74, 6) is 0. The minimum atomic E-state index is -0.234. The van der Waals surface area contributed by atoms with Crippen LogP contribution in [0.2, 0.25) is 0 Å². The largest absolute Gasteiger partial charge is 0.456 e. The van der Waals surface area contributed by atoms with Crippen molar-refractivity contribution in [3.8, 4) is 33.4 Å². The van der Waals surface area contributed by atoms with Gasteiger partial charge in [0.25, 0.3) is 0 Å². The van der Waals surface area contributed by atoms with E-state index in [0.29, 0.717) is 0 Å². The van der Waals surface area contributed by atoms with Crippen molar-refractivity contribution in [2.45, 2.75) is 6.04 Å². The van der Waals surface area contributed by atoms with E-state index in [1.807, 2.05) is 30.3 Å². The number of nitrogens with two attached hydrogens (primary N) is 1. The fourth-order valence-corrected chi connectivity index (χ4v) is 6.20. The van der Waals surface area contributed by atoms with Crippen molar-refractivity contribution >= 4 is 32.7 Å². The van der Waals surface area contributed by atoms with Gasteiger partial charge in [-0.15, -0.1) is 0 Å². The minimum Gasteiger partial charge on any atom is -0.456 e. The molecule has 0 radical (unpaired) electrons. The van der Waals surface area contributed by atoms with Gasteiger partial charge in [-0.25, -0.2) is 0 Å². The number of benzene rings is 6. The average molecular weight is 474 g/mol. The number of hydrogen-bond acceptors (Lipinski definition) is 2. The van der Waals surface area contributed by atoms with Gasteiger partial charge in [0.15, 0.2) is 0 Å². The Bertz CT molecular complexity index is 1990. The Balaban J connectivity index is 1.37. The molecule has 0 saturated heterocycles. The monoisotopic (exact) mass is 473 g/mol. The Morgan fingerprint density at radius 3 is 2.14 bits per heavy atom. The third kappa shape index (κ3) is 2.91. The topological polar surface area (TPSA) is 39.2 Å². The maximum absolute atomic E-state index is 6.81. The summed E-state index contributed by atoms with van der Waals surface area (Å²) in [6.07, 6.45) is 0. The highest BCUT2D eigenvalue weighted by molar-refractivity contribution is 6.18. The molecular formula is C35H23NO. The summed E-state index contributed by atoms with van der Waals surface area (Å²) >= 11 is 0. The molecule has 1 atom stereocenters. The molecule has 0 saturated carbocycles. The Morgan fingerprint density at radius 1 is 0.541 bits per heavy atom. The molecule has 1 aliphatic carbocycles. The third-order valence-corrected chi connectivity index (χ3v) is 7.86. The van der Waals surface area contributed by atoms with Gasteiger partial charge in [0.05, 0.1) is 6.04 Å². The van der Waals surface area contributed by atoms with Crippen LogP contribution in [-0.4, -0.2) is 0 Å². The van der Waals surface area contributed by atoms with Crippen LogP contribution in [0, 0.1) is 0 Å². The quantitative estimate of drug-likeness (QED) is 0.278. The van der Waals surface area contributed by atoms with Crippen molar-refractivity contribution in [1.29, 1.82) is 0 Å². The van der Waals surface area contributed by atoms with Crippen molar-refractivity contribution in [1.82, 2.24) is 0 Å². The molecule has 0 fully saturated rings. The van der Waals surface area contributed by atoms with Gasteiger partial charge in [-0.05, 0) is 73.5 Å². The lowest BCUT2D eigenvalue weighted by molar-refractivity contribution is 0.668. The third-order valence-electron chi connectivity index (χ3n) is 7.86. The van der Waals surface area contributed by atoms with Gasteiger partial charge in [-0.3, -0.25) is 0 Å². The second-order valence-electron chi connectivity index (χ2n) is 9.86. The highest BCUT2D eigenvalue weighted by Gasteiger charge is 2.24. The van der Waals surface area contributed by atoms with Gasteiger partial charge in [0.1, 0.15) is 11.2 Å². The first-order valence-corrected chi connectivity index (χ1v) is 12.7. The minimum absolute atomic E-state index is 0.234. The van der Waals surface area contributed by atoms with Crippen molar-refractivity contribution in [3.63, 3.8) is 0 Å². The molecule has 2 heteroatoms. The lowest BCUT2D eigenvalue weighted by Crippen LogP contribution is -2.11. The van der Waals surface area contributed by atoms with Gasteiger partial charge in [0, 0.05) is 10.8 Å². The molecule has 174 valence electrons. The zero-order chi connectivity index (χ0) is 24.5. The fourth-order valence-electron chi connectivity index (χ4n) is 6.20. The molecule has 2 nitrogen and oxygen atoms in total. The maximum Gasteiger partial charge on any atom is 0.135 e. The van der Waals surface area contributed by atoms with Crippen LogP contribution in [0.25, 0.3) is 66.1 Å². The summed E-state index contributed by atoms with van der Waals surface area (Å²) in [4.78, 5) is 0. The van der Waals surface area contributed by atoms with Crippen LogP contribution in [0.5, 0.6) is 0 Å². The molecule has 0 amide bonds. The summed E-state index contributed by atoms with van der Waals surface area (Å²) < 4.78 is 6.30. The number of fused-ring (bicyclic) bond motifs is 6. The van der Waals surface area contributed by atoms with Crippen LogP contribution in [0.3, 0.4) is 0 Å². The Kier molecular flexibility index (Phi) is 4.25. The zero-order valence-corrected chi connectivity index (χ0v) is 20.1. The van der Waals surface area contributed by atoms with Crippen molar-refractivity contribution in [2.24, 2.45) is 5.73 Å². The summed E-state index contributed by atoms with van der Waals surface area (Å²) in [5, 5.41) is 4.82. The van der Waals surface area contributed by atoms with E-state index in [9.17, 15) is 0 Å². The van der Waals surface area contributed by atoms with Crippen molar-refractivity contribution in [2.75, 3.05) is 0 Å². The predicted molar refractivity (Wildman–Crippen MR) is 154 cm³/mol. The molecule has 0 aliphatic heterocycles. The standard InChI is InChI=1S/C35H23NO/c36-35(22-8-2-1-3-9-22)28-16-7-17-31-34(28)29-20-23(18-19-30(29)37-31)24-12-6-14-26-25-13-4-10-21-11-5-15-27(32(21)25)33(24)26/h1-20,35H,36H2. The summed E-state index contributed by atoms with van der Waals surface area (Å²) in [6, 6.07) is 42.7. The maximum atomic E-state index is 6.81. The van der Waals surface area contributed by atoms with E-state index < -0.39 is 0 Å². The van der Waals surface area contributed by atoms with Crippen LogP contribution in [-0.2, 0) is 0 Å². The number of furan rings is 1. The van der Waals surface area contributed by atoms with E-state index in [2.05, 4.69) is 91.0 Å². The molecule has 6 aromatic carbocycles. The summed E-state index contributed by atoms with van der Waals surface area (Å²) in [6.45, 7) is 0. The lowest BCUT2D eigenvalue weighted by Gasteiger charge is -2.14. The SMILES string of the molecule is NC(c1ccccc1)c1cccc2oc3ccc(-c4cccc5c4-c4cccc6cccc-5c46)cc3c12. The van der Waals surface area contributed by atoms with E-state index in [1.54, 1.807) is 0 Å². The molecule has 2 N–H and O–H groups in total. The average Bonchev–Trinajstić information content (AvgIpc) is 3.50. The zero-order valence-electron chi connectivity index (χ0n) is 20.1. The lowest BCUT2D eigenvalue weighted by atomic mass is 9.91. The van der Waals surface area contributed by atoms with E-state index in [1.165, 1.54) is 44.2 Å². The molecule has 1 unspecified atom stereocenters. The Morgan fingerprint density at radius 2 is 1.27 bits per heavy atom. The Labute approximate surface area is 214 Å². The van der Waals surface area contributed by atoms with Gasteiger partial charge >= 0.3 is 0 Å². The van der Waals surface area contributed by atoms with Gasteiger partial charge in [0.2, 0.25) is 0 Å². The van der Waals surface area contributed by atoms with E-state index >= 15 is 0 Å². The second-order valence-corrected chi connectivity index (χ2v) is 9.86. The van der Waals surface area contributed by atoms with E-state index in [-0.39, 0.29) is 6.04 Å². The molecule has 8 rings (SSSR count). The molecule has 0 bridgehead atoms.